The summed E-state index contributed by atoms with van der Waals surface area (Å²) in [5.74, 6) is -1.78. The SMILES string of the molecule is O=C(NC1CCC(NC(=O)C2(O)CC2)CC1)c1cc(F)cnc1Oc1ccc(F)cc1. The van der Waals surface area contributed by atoms with Gasteiger partial charge in [0.2, 0.25) is 5.88 Å². The van der Waals surface area contributed by atoms with Crippen LogP contribution in [-0.2, 0) is 4.79 Å². The van der Waals surface area contributed by atoms with Gasteiger partial charge in [0.05, 0.1) is 6.20 Å². The molecular weight excluding hydrogens is 408 g/mol. The van der Waals surface area contributed by atoms with E-state index in [9.17, 15) is 23.5 Å². The first-order valence-electron chi connectivity index (χ1n) is 10.3. The summed E-state index contributed by atoms with van der Waals surface area (Å²) in [5.41, 5.74) is -1.26. The summed E-state index contributed by atoms with van der Waals surface area (Å²) in [6, 6.07) is 6.04. The molecule has 1 aromatic heterocycles. The van der Waals surface area contributed by atoms with E-state index < -0.39 is 23.1 Å². The van der Waals surface area contributed by atoms with Gasteiger partial charge in [0.1, 0.15) is 28.5 Å². The fourth-order valence-corrected chi connectivity index (χ4v) is 3.60. The molecule has 2 aliphatic carbocycles. The molecule has 0 bridgehead atoms. The van der Waals surface area contributed by atoms with E-state index in [0.29, 0.717) is 38.5 Å². The number of aliphatic hydroxyl groups is 1. The normalized spacial score (nSPS) is 21.8. The Balaban J connectivity index is 1.36. The second kappa shape index (κ2) is 8.58. The molecule has 2 aliphatic rings. The van der Waals surface area contributed by atoms with Gasteiger partial charge in [-0.2, -0.15) is 0 Å². The molecule has 0 aliphatic heterocycles. The van der Waals surface area contributed by atoms with Crippen LogP contribution in [0.5, 0.6) is 11.6 Å². The van der Waals surface area contributed by atoms with E-state index in [2.05, 4.69) is 15.6 Å². The minimum atomic E-state index is -1.20. The number of nitrogens with one attached hydrogen (secondary N) is 2. The third-order valence-corrected chi connectivity index (χ3v) is 5.63. The fraction of sp³-hybridized carbons (Fsp3) is 0.409. The molecular formula is C22H23F2N3O4. The third kappa shape index (κ3) is 5.16. The van der Waals surface area contributed by atoms with Crippen molar-refractivity contribution in [3.05, 3.63) is 53.7 Å². The highest BCUT2D eigenvalue weighted by Crippen LogP contribution is 2.35. The zero-order chi connectivity index (χ0) is 22.0. The minimum absolute atomic E-state index is 0.0431. The first-order chi connectivity index (χ1) is 14.8. The number of benzene rings is 1. The number of hydrogen-bond donors (Lipinski definition) is 3. The molecule has 2 aromatic rings. The van der Waals surface area contributed by atoms with Crippen LogP contribution in [0.3, 0.4) is 0 Å². The zero-order valence-corrected chi connectivity index (χ0v) is 16.7. The molecule has 0 atom stereocenters. The van der Waals surface area contributed by atoms with Crippen LogP contribution >= 0.6 is 0 Å². The first-order valence-corrected chi connectivity index (χ1v) is 10.3. The molecule has 0 unspecified atom stereocenters. The first kappa shape index (κ1) is 21.2. The Morgan fingerprint density at radius 2 is 1.61 bits per heavy atom. The molecule has 31 heavy (non-hydrogen) atoms. The minimum Gasteiger partial charge on any atom is -0.438 e. The van der Waals surface area contributed by atoms with Crippen LogP contribution in [0.1, 0.15) is 48.9 Å². The van der Waals surface area contributed by atoms with Crippen LogP contribution in [0.4, 0.5) is 8.78 Å². The standard InChI is InChI=1S/C22H23F2N3O4/c23-13-1-7-17(8-2-13)31-20-18(11-14(24)12-25-20)19(28)26-15-3-5-16(6-4-15)27-21(29)22(30)9-10-22/h1-2,7-8,11-12,15-16,30H,3-6,9-10H2,(H,26,28)(H,27,29). The van der Waals surface area contributed by atoms with Crippen LogP contribution in [0.2, 0.25) is 0 Å². The number of hydrogen-bond acceptors (Lipinski definition) is 5. The van der Waals surface area contributed by atoms with Gasteiger partial charge in [0, 0.05) is 12.1 Å². The summed E-state index contributed by atoms with van der Waals surface area (Å²) < 4.78 is 32.4. The highest BCUT2D eigenvalue weighted by molar-refractivity contribution is 5.96. The summed E-state index contributed by atoms with van der Waals surface area (Å²) in [7, 11) is 0. The Labute approximate surface area is 177 Å². The lowest BCUT2D eigenvalue weighted by atomic mass is 9.90. The summed E-state index contributed by atoms with van der Waals surface area (Å²) >= 11 is 0. The molecule has 4 rings (SSSR count). The highest BCUT2D eigenvalue weighted by atomic mass is 19.1. The smallest absolute Gasteiger partial charge is 0.257 e. The van der Waals surface area contributed by atoms with Crippen LogP contribution in [0.25, 0.3) is 0 Å². The van der Waals surface area contributed by atoms with Crippen molar-refractivity contribution in [3.63, 3.8) is 0 Å². The van der Waals surface area contributed by atoms with Crippen LogP contribution < -0.4 is 15.4 Å². The largest absolute Gasteiger partial charge is 0.438 e. The Bertz CT molecular complexity index is 971. The van der Waals surface area contributed by atoms with Crippen molar-refractivity contribution in [3.8, 4) is 11.6 Å². The van der Waals surface area contributed by atoms with Gasteiger partial charge in [0.15, 0.2) is 0 Å². The Morgan fingerprint density at radius 1 is 1.00 bits per heavy atom. The second-order valence-corrected chi connectivity index (χ2v) is 8.09. The maximum Gasteiger partial charge on any atom is 0.257 e. The molecule has 164 valence electrons. The molecule has 3 N–H and O–H groups in total. The molecule has 2 amide bonds. The summed E-state index contributed by atoms with van der Waals surface area (Å²) in [6.45, 7) is 0. The van der Waals surface area contributed by atoms with E-state index in [1.54, 1.807) is 0 Å². The second-order valence-electron chi connectivity index (χ2n) is 8.09. The van der Waals surface area contributed by atoms with Crippen LogP contribution in [-0.4, -0.2) is 39.6 Å². The number of ether oxygens (including phenoxy) is 1. The van der Waals surface area contributed by atoms with Gasteiger partial charge in [-0.25, -0.2) is 13.8 Å². The van der Waals surface area contributed by atoms with Crippen LogP contribution in [0.15, 0.2) is 36.5 Å². The monoisotopic (exact) mass is 431 g/mol. The molecule has 0 radical (unpaired) electrons. The van der Waals surface area contributed by atoms with Crippen molar-refractivity contribution in [2.45, 2.75) is 56.2 Å². The molecule has 0 saturated heterocycles. The summed E-state index contributed by atoms with van der Waals surface area (Å²) in [5, 5.41) is 15.6. The van der Waals surface area contributed by atoms with E-state index in [4.69, 9.17) is 4.74 Å². The van der Waals surface area contributed by atoms with Crippen molar-refractivity contribution < 1.29 is 28.2 Å². The van der Waals surface area contributed by atoms with Gasteiger partial charge in [-0.15, -0.1) is 0 Å². The van der Waals surface area contributed by atoms with Gasteiger partial charge < -0.3 is 20.5 Å². The van der Waals surface area contributed by atoms with Gasteiger partial charge in [-0.3, -0.25) is 9.59 Å². The molecule has 7 nitrogen and oxygen atoms in total. The zero-order valence-electron chi connectivity index (χ0n) is 16.7. The maximum atomic E-state index is 13.7. The highest BCUT2D eigenvalue weighted by Gasteiger charge is 2.48. The lowest BCUT2D eigenvalue weighted by molar-refractivity contribution is -0.132. The van der Waals surface area contributed by atoms with Crippen molar-refractivity contribution in [1.29, 1.82) is 0 Å². The van der Waals surface area contributed by atoms with E-state index in [1.807, 2.05) is 0 Å². The molecule has 9 heteroatoms. The number of aromatic nitrogens is 1. The van der Waals surface area contributed by atoms with Crippen molar-refractivity contribution in [1.82, 2.24) is 15.6 Å². The lowest BCUT2D eigenvalue weighted by Gasteiger charge is -2.30. The van der Waals surface area contributed by atoms with Gasteiger partial charge in [0.25, 0.3) is 11.8 Å². The van der Waals surface area contributed by atoms with Crippen molar-refractivity contribution in [2.75, 3.05) is 0 Å². The third-order valence-electron chi connectivity index (χ3n) is 5.63. The Morgan fingerprint density at radius 3 is 2.23 bits per heavy atom. The lowest BCUT2D eigenvalue weighted by Crippen LogP contribution is -2.47. The molecule has 1 heterocycles. The van der Waals surface area contributed by atoms with Gasteiger partial charge >= 0.3 is 0 Å². The molecule has 1 aromatic carbocycles. The van der Waals surface area contributed by atoms with E-state index >= 15 is 0 Å². The number of carbonyl (C=O) groups excluding carboxylic acids is 2. The number of pyridine rings is 1. The van der Waals surface area contributed by atoms with E-state index in [1.165, 1.54) is 24.3 Å². The summed E-state index contributed by atoms with van der Waals surface area (Å²) in [6.07, 6.45) is 4.51. The average molecular weight is 431 g/mol. The topological polar surface area (TPSA) is 101 Å². The fourth-order valence-electron chi connectivity index (χ4n) is 3.60. The quantitative estimate of drug-likeness (QED) is 0.653. The number of carbonyl (C=O) groups is 2. The predicted molar refractivity (Wildman–Crippen MR) is 107 cm³/mol. The number of halogens is 2. The van der Waals surface area contributed by atoms with Gasteiger partial charge in [-0.05, 0) is 68.9 Å². The molecule has 2 fully saturated rings. The number of rotatable bonds is 6. The summed E-state index contributed by atoms with van der Waals surface area (Å²) in [4.78, 5) is 28.6. The van der Waals surface area contributed by atoms with E-state index in [-0.39, 0.29) is 35.2 Å². The number of amides is 2. The van der Waals surface area contributed by atoms with Crippen LogP contribution in [0, 0.1) is 11.6 Å². The van der Waals surface area contributed by atoms with Crippen molar-refractivity contribution >= 4 is 11.8 Å². The Kier molecular flexibility index (Phi) is 5.86. The molecule has 2 saturated carbocycles. The van der Waals surface area contributed by atoms with Crippen molar-refractivity contribution in [2.24, 2.45) is 0 Å². The van der Waals surface area contributed by atoms with E-state index in [0.717, 1.165) is 12.3 Å². The maximum absolute atomic E-state index is 13.7. The average Bonchev–Trinajstić information content (AvgIpc) is 3.51. The molecule has 0 spiro atoms. The predicted octanol–water partition coefficient (Wildman–Crippen LogP) is 2.83. The van der Waals surface area contributed by atoms with Gasteiger partial charge in [-0.1, -0.05) is 0 Å². The Hall–Kier alpha value is -3.07. The number of nitrogens with zero attached hydrogens (tertiary/aromatic N) is 1.